The van der Waals surface area contributed by atoms with Crippen LogP contribution in [-0.4, -0.2) is 34.9 Å². The van der Waals surface area contributed by atoms with Gasteiger partial charge in [-0.1, -0.05) is 197 Å². The van der Waals surface area contributed by atoms with Crippen molar-refractivity contribution in [1.82, 2.24) is 5.32 Å². The summed E-state index contributed by atoms with van der Waals surface area (Å²) in [6.45, 7) is 4.20. The molecule has 0 aromatic carbocycles. The molecule has 0 aliphatic rings. The van der Waals surface area contributed by atoms with E-state index in [0.29, 0.717) is 12.8 Å². The maximum Gasteiger partial charge on any atom is 0.220 e. The van der Waals surface area contributed by atoms with Gasteiger partial charge in [0.05, 0.1) is 18.8 Å². The summed E-state index contributed by atoms with van der Waals surface area (Å²) in [4.78, 5) is 12.3. The molecule has 0 saturated heterocycles. The van der Waals surface area contributed by atoms with Gasteiger partial charge in [0.1, 0.15) is 0 Å². The van der Waals surface area contributed by atoms with Gasteiger partial charge in [0.25, 0.3) is 0 Å². The first-order chi connectivity index (χ1) is 24.2. The van der Waals surface area contributed by atoms with E-state index in [4.69, 9.17) is 0 Å². The first-order valence-corrected chi connectivity index (χ1v) is 21.0. The van der Waals surface area contributed by atoms with Gasteiger partial charge < -0.3 is 15.5 Å². The standard InChI is InChI=1S/C45H81NO3/c1-3-5-7-9-11-13-14-15-16-17-18-19-20-21-22-23-24-25-26-27-28-29-30-31-32-33-35-37-39-41-45(49)46-43(42-47)44(48)40-38-36-34-12-10-8-6-4-2/h5,7,11,13,15-16,18-19,21-22,43-44,47-48H,3-4,6,8-10,12,14,17,20,23-42H2,1-2H3,(H,46,49)/b7-5-,13-11-,16-15-,19-18-,22-21-. The average molecular weight is 684 g/mol. The molecule has 4 heteroatoms. The van der Waals surface area contributed by atoms with Crippen LogP contribution in [0.4, 0.5) is 0 Å². The minimum Gasteiger partial charge on any atom is -0.394 e. The monoisotopic (exact) mass is 684 g/mol. The maximum atomic E-state index is 12.3. The summed E-state index contributed by atoms with van der Waals surface area (Å²) in [5.41, 5.74) is 0. The number of hydrogen-bond donors (Lipinski definition) is 3. The highest BCUT2D eigenvalue weighted by molar-refractivity contribution is 5.76. The van der Waals surface area contributed by atoms with Crippen LogP contribution in [0.15, 0.2) is 60.8 Å². The Morgan fingerprint density at radius 3 is 1.35 bits per heavy atom. The van der Waals surface area contributed by atoms with E-state index in [2.05, 4.69) is 79.9 Å². The smallest absolute Gasteiger partial charge is 0.220 e. The lowest BCUT2D eigenvalue weighted by molar-refractivity contribution is -0.123. The lowest BCUT2D eigenvalue weighted by atomic mass is 10.0. The number of rotatable bonds is 37. The molecule has 2 atom stereocenters. The SMILES string of the molecule is CC/C=C\C/C=C\C/C=C\C/C=C\C/C=C\CCCCCCCCCCCCCCCC(=O)NC(CO)C(O)CCCCCCCCCC. The second kappa shape index (κ2) is 40.5. The molecule has 0 aliphatic heterocycles. The normalized spacial score (nSPS) is 13.6. The van der Waals surface area contributed by atoms with Crippen molar-refractivity contribution >= 4 is 5.91 Å². The van der Waals surface area contributed by atoms with Crippen molar-refractivity contribution in [3.63, 3.8) is 0 Å². The van der Waals surface area contributed by atoms with Gasteiger partial charge in [0.2, 0.25) is 5.91 Å². The molecular formula is C45H81NO3. The Morgan fingerprint density at radius 2 is 0.898 bits per heavy atom. The van der Waals surface area contributed by atoms with Gasteiger partial charge in [-0.15, -0.1) is 0 Å². The number of unbranched alkanes of at least 4 members (excludes halogenated alkanes) is 20. The number of aliphatic hydroxyl groups excluding tert-OH is 2. The fraction of sp³-hybridized carbons (Fsp3) is 0.756. The number of amides is 1. The van der Waals surface area contributed by atoms with E-state index in [1.165, 1.54) is 116 Å². The Hall–Kier alpha value is -1.91. The van der Waals surface area contributed by atoms with Crippen LogP contribution >= 0.6 is 0 Å². The third-order valence-corrected chi connectivity index (χ3v) is 9.29. The maximum absolute atomic E-state index is 12.3. The molecule has 0 radical (unpaired) electrons. The van der Waals surface area contributed by atoms with E-state index in [1.54, 1.807) is 0 Å². The predicted molar refractivity (Wildman–Crippen MR) is 216 cm³/mol. The fourth-order valence-corrected chi connectivity index (χ4v) is 6.09. The molecule has 0 rings (SSSR count). The molecule has 4 nitrogen and oxygen atoms in total. The second-order valence-electron chi connectivity index (χ2n) is 14.0. The third kappa shape index (κ3) is 37.2. The predicted octanol–water partition coefficient (Wildman–Crippen LogP) is 13.0. The number of hydrogen-bond acceptors (Lipinski definition) is 3. The van der Waals surface area contributed by atoms with Gasteiger partial charge in [0.15, 0.2) is 0 Å². The summed E-state index contributed by atoms with van der Waals surface area (Å²) in [6.07, 6.45) is 55.9. The van der Waals surface area contributed by atoms with Crippen molar-refractivity contribution < 1.29 is 15.0 Å². The van der Waals surface area contributed by atoms with Gasteiger partial charge in [-0.05, 0) is 57.8 Å². The van der Waals surface area contributed by atoms with Crippen LogP contribution in [0.1, 0.15) is 200 Å². The van der Waals surface area contributed by atoms with Gasteiger partial charge in [-0.3, -0.25) is 4.79 Å². The van der Waals surface area contributed by atoms with Crippen LogP contribution in [-0.2, 0) is 4.79 Å². The summed E-state index contributed by atoms with van der Waals surface area (Å²) >= 11 is 0. The van der Waals surface area contributed by atoms with Crippen LogP contribution in [0, 0.1) is 0 Å². The van der Waals surface area contributed by atoms with Crippen molar-refractivity contribution in [2.75, 3.05) is 6.61 Å². The summed E-state index contributed by atoms with van der Waals surface area (Å²) in [6, 6.07) is -0.536. The Morgan fingerprint density at radius 1 is 0.510 bits per heavy atom. The van der Waals surface area contributed by atoms with Crippen LogP contribution < -0.4 is 5.32 Å². The molecule has 0 aromatic heterocycles. The zero-order valence-electron chi connectivity index (χ0n) is 32.4. The zero-order valence-corrected chi connectivity index (χ0v) is 32.4. The lowest BCUT2D eigenvalue weighted by Crippen LogP contribution is -2.45. The van der Waals surface area contributed by atoms with E-state index < -0.39 is 12.1 Å². The summed E-state index contributed by atoms with van der Waals surface area (Å²) in [5, 5.41) is 23.0. The van der Waals surface area contributed by atoms with Crippen molar-refractivity contribution in [3.05, 3.63) is 60.8 Å². The molecule has 0 heterocycles. The topological polar surface area (TPSA) is 69.6 Å². The quantitative estimate of drug-likeness (QED) is 0.0451. The van der Waals surface area contributed by atoms with E-state index in [0.717, 1.165) is 57.8 Å². The number of allylic oxidation sites excluding steroid dienone is 10. The number of carbonyl (C=O) groups is 1. The molecular weight excluding hydrogens is 602 g/mol. The van der Waals surface area contributed by atoms with E-state index in [9.17, 15) is 15.0 Å². The first-order valence-electron chi connectivity index (χ1n) is 21.0. The molecule has 1 amide bonds. The Balaban J connectivity index is 3.49. The highest BCUT2D eigenvalue weighted by atomic mass is 16.3. The van der Waals surface area contributed by atoms with Gasteiger partial charge in [-0.25, -0.2) is 0 Å². The van der Waals surface area contributed by atoms with Gasteiger partial charge >= 0.3 is 0 Å². The molecule has 0 bridgehead atoms. The number of aliphatic hydroxyl groups is 2. The Labute approximate surface area is 305 Å². The molecule has 49 heavy (non-hydrogen) atoms. The highest BCUT2D eigenvalue weighted by Crippen LogP contribution is 2.15. The molecule has 0 saturated carbocycles. The van der Waals surface area contributed by atoms with E-state index in [-0.39, 0.29) is 12.5 Å². The highest BCUT2D eigenvalue weighted by Gasteiger charge is 2.19. The largest absolute Gasteiger partial charge is 0.394 e. The molecule has 0 aromatic rings. The van der Waals surface area contributed by atoms with Crippen molar-refractivity contribution in [2.45, 2.75) is 212 Å². The Bertz CT molecular complexity index is 827. The Kier molecular flexibility index (Phi) is 38.9. The molecule has 0 spiro atoms. The molecule has 0 fully saturated rings. The zero-order chi connectivity index (χ0) is 35.7. The van der Waals surface area contributed by atoms with Gasteiger partial charge in [-0.2, -0.15) is 0 Å². The van der Waals surface area contributed by atoms with E-state index in [1.807, 2.05) is 0 Å². The van der Waals surface area contributed by atoms with Crippen LogP contribution in [0.3, 0.4) is 0 Å². The third-order valence-electron chi connectivity index (χ3n) is 9.29. The number of nitrogens with one attached hydrogen (secondary N) is 1. The van der Waals surface area contributed by atoms with Crippen molar-refractivity contribution in [2.24, 2.45) is 0 Å². The minimum atomic E-state index is -0.658. The number of carbonyl (C=O) groups excluding carboxylic acids is 1. The van der Waals surface area contributed by atoms with Crippen LogP contribution in [0.2, 0.25) is 0 Å². The van der Waals surface area contributed by atoms with Gasteiger partial charge in [0, 0.05) is 6.42 Å². The summed E-state index contributed by atoms with van der Waals surface area (Å²) < 4.78 is 0. The molecule has 2 unspecified atom stereocenters. The molecule has 284 valence electrons. The summed E-state index contributed by atoms with van der Waals surface area (Å²) in [5.74, 6) is -0.0387. The first kappa shape index (κ1) is 47.1. The van der Waals surface area contributed by atoms with Crippen LogP contribution in [0.5, 0.6) is 0 Å². The molecule has 3 N–H and O–H groups in total. The van der Waals surface area contributed by atoms with Crippen LogP contribution in [0.25, 0.3) is 0 Å². The lowest BCUT2D eigenvalue weighted by Gasteiger charge is -2.22. The average Bonchev–Trinajstić information content (AvgIpc) is 3.10. The minimum absolute atomic E-state index is 0.0387. The fourth-order valence-electron chi connectivity index (χ4n) is 6.09. The molecule has 0 aliphatic carbocycles. The second-order valence-corrected chi connectivity index (χ2v) is 14.0. The van der Waals surface area contributed by atoms with E-state index >= 15 is 0 Å². The van der Waals surface area contributed by atoms with Crippen molar-refractivity contribution in [3.8, 4) is 0 Å². The summed E-state index contributed by atoms with van der Waals surface area (Å²) in [7, 11) is 0. The van der Waals surface area contributed by atoms with Crippen molar-refractivity contribution in [1.29, 1.82) is 0 Å².